The van der Waals surface area contributed by atoms with E-state index in [1.165, 1.54) is 5.69 Å². The van der Waals surface area contributed by atoms with Crippen LogP contribution < -0.4 is 10.6 Å². The van der Waals surface area contributed by atoms with E-state index in [-0.39, 0.29) is 0 Å². The number of thiol groups is 1. The SMILES string of the molecule is CN(C)c1ccc(S)cc1.NC(CO)(CO)CO. The highest BCUT2D eigenvalue weighted by Gasteiger charge is 2.20. The zero-order valence-corrected chi connectivity index (χ0v) is 11.6. The van der Waals surface area contributed by atoms with Crippen molar-refractivity contribution in [2.24, 2.45) is 5.73 Å². The van der Waals surface area contributed by atoms with E-state index in [4.69, 9.17) is 21.1 Å². The Bertz CT molecular complexity index is 318. The predicted molar refractivity (Wildman–Crippen MR) is 76.2 cm³/mol. The van der Waals surface area contributed by atoms with Gasteiger partial charge in [-0.05, 0) is 24.3 Å². The molecule has 5 nitrogen and oxygen atoms in total. The second kappa shape index (κ2) is 8.34. The second-order valence-corrected chi connectivity index (χ2v) is 4.76. The van der Waals surface area contributed by atoms with Gasteiger partial charge in [0.1, 0.15) is 0 Å². The molecule has 0 bridgehead atoms. The lowest BCUT2D eigenvalue weighted by molar-refractivity contribution is 0.0698. The molecule has 6 heteroatoms. The van der Waals surface area contributed by atoms with Crippen molar-refractivity contribution in [3.8, 4) is 0 Å². The van der Waals surface area contributed by atoms with Gasteiger partial charge in [0.15, 0.2) is 0 Å². The number of anilines is 1. The summed E-state index contributed by atoms with van der Waals surface area (Å²) in [4.78, 5) is 3.07. The summed E-state index contributed by atoms with van der Waals surface area (Å²) in [6, 6.07) is 8.06. The molecule has 0 unspecified atom stereocenters. The van der Waals surface area contributed by atoms with Crippen molar-refractivity contribution in [3.63, 3.8) is 0 Å². The van der Waals surface area contributed by atoms with E-state index in [0.29, 0.717) is 0 Å². The van der Waals surface area contributed by atoms with E-state index in [9.17, 15) is 0 Å². The van der Waals surface area contributed by atoms with E-state index in [1.807, 2.05) is 38.4 Å². The fraction of sp³-hybridized carbons (Fsp3) is 0.500. The molecule has 0 heterocycles. The van der Waals surface area contributed by atoms with Crippen LogP contribution in [-0.2, 0) is 0 Å². The summed E-state index contributed by atoms with van der Waals surface area (Å²) in [7, 11) is 4.04. The third-order valence-electron chi connectivity index (χ3n) is 2.31. The molecule has 0 aliphatic carbocycles. The van der Waals surface area contributed by atoms with Crippen LogP contribution in [0.1, 0.15) is 0 Å². The summed E-state index contributed by atoms with van der Waals surface area (Å²) in [5.74, 6) is 0. The number of rotatable bonds is 4. The fourth-order valence-electron chi connectivity index (χ4n) is 0.901. The van der Waals surface area contributed by atoms with Gasteiger partial charge in [0, 0.05) is 24.7 Å². The molecule has 1 aromatic rings. The van der Waals surface area contributed by atoms with Crippen LogP contribution in [0.3, 0.4) is 0 Å². The fourth-order valence-corrected chi connectivity index (χ4v) is 1.05. The summed E-state index contributed by atoms with van der Waals surface area (Å²) >= 11 is 4.18. The monoisotopic (exact) mass is 274 g/mol. The molecular weight excluding hydrogens is 252 g/mol. The van der Waals surface area contributed by atoms with Gasteiger partial charge >= 0.3 is 0 Å². The smallest absolute Gasteiger partial charge is 0.0856 e. The van der Waals surface area contributed by atoms with Gasteiger partial charge in [-0.15, -0.1) is 12.6 Å². The van der Waals surface area contributed by atoms with Gasteiger partial charge in [0.25, 0.3) is 0 Å². The van der Waals surface area contributed by atoms with E-state index in [0.717, 1.165) is 4.90 Å². The summed E-state index contributed by atoms with van der Waals surface area (Å²) in [5.41, 5.74) is 5.14. The van der Waals surface area contributed by atoms with Crippen molar-refractivity contribution in [1.82, 2.24) is 0 Å². The van der Waals surface area contributed by atoms with Crippen molar-refractivity contribution < 1.29 is 15.3 Å². The largest absolute Gasteiger partial charge is 0.394 e. The standard InChI is InChI=1S/C8H11NS.C4H11NO3/c1-9(2)7-3-5-8(10)6-4-7;5-4(1-6,2-7)3-8/h3-6,10H,1-2H3;6-8H,1-3,5H2. The minimum absolute atomic E-state index is 0.403. The number of hydrogen-bond donors (Lipinski definition) is 5. The zero-order valence-electron chi connectivity index (χ0n) is 10.7. The molecule has 5 N–H and O–H groups in total. The summed E-state index contributed by atoms with van der Waals surface area (Å²) in [6.07, 6.45) is 0. The maximum atomic E-state index is 8.34. The molecule has 18 heavy (non-hydrogen) atoms. The van der Waals surface area contributed by atoms with Crippen LogP contribution >= 0.6 is 12.6 Å². The zero-order chi connectivity index (χ0) is 14.2. The van der Waals surface area contributed by atoms with Crippen molar-refractivity contribution in [3.05, 3.63) is 24.3 Å². The molecule has 1 aromatic carbocycles. The molecule has 0 saturated heterocycles. The molecule has 0 radical (unpaired) electrons. The molecule has 0 spiro atoms. The Hall–Kier alpha value is -0.790. The van der Waals surface area contributed by atoms with Crippen molar-refractivity contribution in [1.29, 1.82) is 0 Å². The maximum Gasteiger partial charge on any atom is 0.0856 e. The average molecular weight is 274 g/mol. The molecule has 104 valence electrons. The number of aliphatic hydroxyl groups is 3. The molecule has 0 saturated carbocycles. The Morgan fingerprint density at radius 1 is 1.06 bits per heavy atom. The number of benzene rings is 1. The highest BCUT2D eigenvalue weighted by molar-refractivity contribution is 7.80. The third kappa shape index (κ3) is 6.23. The maximum absolute atomic E-state index is 8.34. The van der Waals surface area contributed by atoms with Crippen LogP contribution in [0.15, 0.2) is 29.2 Å². The van der Waals surface area contributed by atoms with E-state index in [1.54, 1.807) is 0 Å². The van der Waals surface area contributed by atoms with Gasteiger partial charge in [0.05, 0.1) is 25.4 Å². The van der Waals surface area contributed by atoms with Crippen molar-refractivity contribution in [2.45, 2.75) is 10.4 Å². The first-order chi connectivity index (χ1) is 8.38. The Balaban J connectivity index is 0.000000331. The van der Waals surface area contributed by atoms with Crippen molar-refractivity contribution >= 4 is 18.3 Å². The van der Waals surface area contributed by atoms with E-state index < -0.39 is 25.4 Å². The molecule has 0 aliphatic heterocycles. The van der Waals surface area contributed by atoms with Gasteiger partial charge in [-0.25, -0.2) is 0 Å². The number of nitrogens with two attached hydrogens (primary N) is 1. The van der Waals surface area contributed by atoms with Crippen LogP contribution in [-0.4, -0.2) is 54.8 Å². The normalized spacial score (nSPS) is 10.6. The summed E-state index contributed by atoms with van der Waals surface area (Å²) in [5, 5.41) is 25.0. The molecule has 0 fully saturated rings. The van der Waals surface area contributed by atoms with Crippen LogP contribution in [0, 0.1) is 0 Å². The highest BCUT2D eigenvalue weighted by atomic mass is 32.1. The molecular formula is C12H22N2O3S. The van der Waals surface area contributed by atoms with Crippen LogP contribution in [0.5, 0.6) is 0 Å². The Morgan fingerprint density at radius 3 is 1.67 bits per heavy atom. The molecule has 0 aliphatic rings. The molecule has 0 amide bonds. The quantitative estimate of drug-likeness (QED) is 0.487. The highest BCUT2D eigenvalue weighted by Crippen LogP contribution is 2.13. The van der Waals surface area contributed by atoms with Gasteiger partial charge < -0.3 is 26.0 Å². The molecule has 0 aromatic heterocycles. The van der Waals surface area contributed by atoms with Gasteiger partial charge in [-0.3, -0.25) is 0 Å². The van der Waals surface area contributed by atoms with Crippen molar-refractivity contribution in [2.75, 3.05) is 38.8 Å². The summed E-state index contributed by atoms with van der Waals surface area (Å²) in [6.45, 7) is -1.21. The first-order valence-electron chi connectivity index (χ1n) is 5.46. The second-order valence-electron chi connectivity index (χ2n) is 4.25. The number of aliphatic hydroxyl groups excluding tert-OH is 3. The van der Waals surface area contributed by atoms with E-state index in [2.05, 4.69) is 17.5 Å². The first kappa shape index (κ1) is 17.2. The topological polar surface area (TPSA) is 90.0 Å². The van der Waals surface area contributed by atoms with Crippen LogP contribution in [0.25, 0.3) is 0 Å². The Morgan fingerprint density at radius 2 is 1.44 bits per heavy atom. The van der Waals surface area contributed by atoms with Gasteiger partial charge in [0.2, 0.25) is 0 Å². The Labute approximate surface area is 113 Å². The third-order valence-corrected chi connectivity index (χ3v) is 2.61. The average Bonchev–Trinajstić information content (AvgIpc) is 2.39. The van der Waals surface area contributed by atoms with Gasteiger partial charge in [-0.1, -0.05) is 0 Å². The van der Waals surface area contributed by atoms with E-state index >= 15 is 0 Å². The van der Waals surface area contributed by atoms with Crippen LogP contribution in [0.2, 0.25) is 0 Å². The molecule has 0 atom stereocenters. The predicted octanol–water partition coefficient (Wildman–Crippen LogP) is -0.298. The molecule has 1 rings (SSSR count). The lowest BCUT2D eigenvalue weighted by Crippen LogP contribution is -2.50. The lowest BCUT2D eigenvalue weighted by Gasteiger charge is -2.20. The summed E-state index contributed by atoms with van der Waals surface area (Å²) < 4.78 is 0. The van der Waals surface area contributed by atoms with Gasteiger partial charge in [-0.2, -0.15) is 0 Å². The minimum atomic E-state index is -1.21. The number of nitrogens with zero attached hydrogens (tertiary/aromatic N) is 1. The minimum Gasteiger partial charge on any atom is -0.394 e. The first-order valence-corrected chi connectivity index (χ1v) is 5.91. The number of hydrogen-bond acceptors (Lipinski definition) is 6. The lowest BCUT2D eigenvalue weighted by atomic mass is 10.1. The Kier molecular flexibility index (Phi) is 7.97. The van der Waals surface area contributed by atoms with Crippen LogP contribution in [0.4, 0.5) is 5.69 Å².